The Balaban J connectivity index is 1.66. The van der Waals surface area contributed by atoms with Crippen molar-refractivity contribution < 1.29 is 9.18 Å². The van der Waals surface area contributed by atoms with Gasteiger partial charge in [-0.05, 0) is 30.7 Å². The molecule has 1 aliphatic rings. The number of hydrogen-bond donors (Lipinski definition) is 2. The number of amides is 1. The summed E-state index contributed by atoms with van der Waals surface area (Å²) in [6.07, 6.45) is 0. The van der Waals surface area contributed by atoms with Crippen LogP contribution in [0.5, 0.6) is 0 Å². The molecule has 1 amide bonds. The van der Waals surface area contributed by atoms with Crippen molar-refractivity contribution in [2.45, 2.75) is 23.4 Å². The zero-order valence-electron chi connectivity index (χ0n) is 14.2. The van der Waals surface area contributed by atoms with E-state index in [0.29, 0.717) is 15.5 Å². The monoisotopic (exact) mass is 447 g/mol. The first-order valence-corrected chi connectivity index (χ1v) is 9.86. The molecule has 9 heteroatoms. The highest BCUT2D eigenvalue weighted by atomic mass is 79.9. The Labute approximate surface area is 167 Å². The van der Waals surface area contributed by atoms with Gasteiger partial charge in [-0.1, -0.05) is 58.0 Å². The summed E-state index contributed by atoms with van der Waals surface area (Å²) in [5.41, 5.74) is 4.39. The van der Waals surface area contributed by atoms with Gasteiger partial charge in [-0.3, -0.25) is 4.79 Å². The summed E-state index contributed by atoms with van der Waals surface area (Å²) < 4.78 is 16.5. The van der Waals surface area contributed by atoms with Crippen LogP contribution in [0.1, 0.15) is 17.4 Å². The van der Waals surface area contributed by atoms with Crippen LogP contribution in [0.3, 0.4) is 0 Å². The van der Waals surface area contributed by atoms with Crippen LogP contribution in [0.2, 0.25) is 0 Å². The van der Waals surface area contributed by atoms with Gasteiger partial charge in [0.2, 0.25) is 11.1 Å². The predicted molar refractivity (Wildman–Crippen MR) is 106 cm³/mol. The molecule has 2 N–H and O–H groups in total. The lowest BCUT2D eigenvalue weighted by molar-refractivity contribution is -0.116. The van der Waals surface area contributed by atoms with E-state index in [1.165, 1.54) is 23.9 Å². The fraction of sp³-hybridized carbons (Fsp3) is 0.167. The lowest BCUT2D eigenvalue weighted by atomic mass is 10.0. The molecule has 1 aromatic heterocycles. The molecule has 4 rings (SSSR count). The number of anilines is 1. The van der Waals surface area contributed by atoms with Crippen LogP contribution in [-0.4, -0.2) is 26.0 Å². The number of aromatic nitrogens is 3. The van der Waals surface area contributed by atoms with Crippen molar-refractivity contribution in [2.24, 2.45) is 0 Å². The van der Waals surface area contributed by atoms with E-state index >= 15 is 0 Å². The van der Waals surface area contributed by atoms with Gasteiger partial charge in [0.25, 0.3) is 0 Å². The Bertz CT molecular complexity index is 997. The molecule has 0 aliphatic carbocycles. The van der Waals surface area contributed by atoms with Crippen molar-refractivity contribution in [1.82, 2.24) is 14.9 Å². The summed E-state index contributed by atoms with van der Waals surface area (Å²) in [5, 5.41) is 10.9. The summed E-state index contributed by atoms with van der Waals surface area (Å²) in [4.78, 5) is 13.0. The maximum Gasteiger partial charge on any atom is 0.240 e. The molecule has 2 atom stereocenters. The quantitative estimate of drug-likeness (QED) is 0.637. The largest absolute Gasteiger partial charge is 0.323 e. The number of halogens is 2. The maximum atomic E-state index is 14.1. The van der Waals surface area contributed by atoms with Crippen LogP contribution in [0.25, 0.3) is 0 Å². The first-order valence-electron chi connectivity index (χ1n) is 8.19. The number of benzene rings is 2. The standard InChI is InChI=1S/C18H15BrFN5OS/c1-10-22-23-18-25(10)24-15(11-5-3-2-4-6-11)16(27-18)17(26)21-14-8-7-12(19)9-13(14)20/h2-9,15-16,24H,1H3,(H,21,26). The highest BCUT2D eigenvalue weighted by molar-refractivity contribution is 9.10. The number of hydrogen-bond acceptors (Lipinski definition) is 5. The minimum atomic E-state index is -0.549. The summed E-state index contributed by atoms with van der Waals surface area (Å²) >= 11 is 4.52. The zero-order valence-corrected chi connectivity index (χ0v) is 16.6. The number of aryl methyl sites for hydroxylation is 1. The third kappa shape index (κ3) is 3.57. The number of nitrogens with zero attached hydrogens (tertiary/aromatic N) is 3. The second-order valence-corrected chi connectivity index (χ2v) is 8.06. The van der Waals surface area contributed by atoms with E-state index in [4.69, 9.17) is 0 Å². The molecule has 138 valence electrons. The fourth-order valence-electron chi connectivity index (χ4n) is 2.87. The molecule has 0 fully saturated rings. The maximum absolute atomic E-state index is 14.1. The fourth-order valence-corrected chi connectivity index (χ4v) is 4.32. The number of nitrogens with one attached hydrogen (secondary N) is 2. The molecule has 3 aromatic rings. The molecule has 0 saturated heterocycles. The number of carbonyl (C=O) groups excluding carboxylic acids is 1. The summed E-state index contributed by atoms with van der Waals surface area (Å²) in [5.74, 6) is -0.104. The van der Waals surface area contributed by atoms with E-state index in [9.17, 15) is 9.18 Å². The third-order valence-electron chi connectivity index (χ3n) is 4.20. The zero-order chi connectivity index (χ0) is 19.0. The van der Waals surface area contributed by atoms with Crippen LogP contribution >= 0.6 is 27.7 Å². The van der Waals surface area contributed by atoms with Crippen molar-refractivity contribution >= 4 is 39.3 Å². The molecule has 2 heterocycles. The Morgan fingerprint density at radius 1 is 1.26 bits per heavy atom. The van der Waals surface area contributed by atoms with E-state index in [-0.39, 0.29) is 17.6 Å². The molecule has 0 radical (unpaired) electrons. The van der Waals surface area contributed by atoms with Crippen molar-refractivity contribution in [3.8, 4) is 0 Å². The second-order valence-electron chi connectivity index (χ2n) is 6.03. The van der Waals surface area contributed by atoms with E-state index in [0.717, 1.165) is 5.56 Å². The average molecular weight is 448 g/mol. The predicted octanol–water partition coefficient (Wildman–Crippen LogP) is 3.89. The molecule has 0 bridgehead atoms. The number of rotatable bonds is 3. The lowest BCUT2D eigenvalue weighted by Gasteiger charge is -2.32. The van der Waals surface area contributed by atoms with Crippen molar-refractivity contribution in [3.63, 3.8) is 0 Å². The van der Waals surface area contributed by atoms with Gasteiger partial charge < -0.3 is 10.7 Å². The average Bonchev–Trinajstić information content (AvgIpc) is 3.04. The third-order valence-corrected chi connectivity index (χ3v) is 5.91. The van der Waals surface area contributed by atoms with Gasteiger partial charge in [0, 0.05) is 4.47 Å². The van der Waals surface area contributed by atoms with E-state index < -0.39 is 11.1 Å². The molecule has 0 spiro atoms. The van der Waals surface area contributed by atoms with Gasteiger partial charge in [-0.25, -0.2) is 9.07 Å². The molecular weight excluding hydrogens is 433 g/mol. The van der Waals surface area contributed by atoms with E-state index in [1.54, 1.807) is 10.7 Å². The number of fused-ring (bicyclic) bond motifs is 1. The Kier molecular flexibility index (Phi) is 4.88. The van der Waals surface area contributed by atoms with Crippen LogP contribution in [0, 0.1) is 12.7 Å². The molecule has 2 unspecified atom stereocenters. The lowest BCUT2D eigenvalue weighted by Crippen LogP contribution is -2.41. The summed E-state index contributed by atoms with van der Waals surface area (Å²) in [6, 6.07) is 13.9. The van der Waals surface area contributed by atoms with Gasteiger partial charge in [0.05, 0.1) is 11.7 Å². The minimum absolute atomic E-state index is 0.138. The second kappa shape index (κ2) is 7.32. The first-order chi connectivity index (χ1) is 13.0. The van der Waals surface area contributed by atoms with Gasteiger partial charge in [0.15, 0.2) is 0 Å². The molecular formula is C18H15BrFN5OS. The Morgan fingerprint density at radius 3 is 2.78 bits per heavy atom. The molecule has 1 aliphatic heterocycles. The van der Waals surface area contributed by atoms with Gasteiger partial charge in [0.1, 0.15) is 16.9 Å². The molecule has 27 heavy (non-hydrogen) atoms. The highest BCUT2D eigenvalue weighted by Crippen LogP contribution is 2.37. The van der Waals surface area contributed by atoms with Crippen molar-refractivity contribution in [2.75, 3.05) is 10.7 Å². The Hall–Kier alpha value is -2.39. The highest BCUT2D eigenvalue weighted by Gasteiger charge is 2.37. The Morgan fingerprint density at radius 2 is 2.04 bits per heavy atom. The van der Waals surface area contributed by atoms with Crippen LogP contribution in [0.4, 0.5) is 10.1 Å². The molecule has 2 aromatic carbocycles. The van der Waals surface area contributed by atoms with E-state index in [2.05, 4.69) is 36.9 Å². The van der Waals surface area contributed by atoms with Gasteiger partial charge >= 0.3 is 0 Å². The number of thioether (sulfide) groups is 1. The first kappa shape index (κ1) is 18.0. The summed E-state index contributed by atoms with van der Waals surface area (Å²) in [6.45, 7) is 1.84. The topological polar surface area (TPSA) is 71.8 Å². The minimum Gasteiger partial charge on any atom is -0.323 e. The number of carbonyl (C=O) groups is 1. The van der Waals surface area contributed by atoms with Crippen LogP contribution in [-0.2, 0) is 4.79 Å². The SMILES string of the molecule is Cc1nnc2n1NC(c1ccccc1)C(C(=O)Nc1ccc(Br)cc1F)S2. The van der Waals surface area contributed by atoms with E-state index in [1.807, 2.05) is 37.3 Å². The smallest absolute Gasteiger partial charge is 0.240 e. The summed E-state index contributed by atoms with van der Waals surface area (Å²) in [7, 11) is 0. The molecule has 0 saturated carbocycles. The van der Waals surface area contributed by atoms with Crippen molar-refractivity contribution in [3.05, 3.63) is 70.2 Å². The van der Waals surface area contributed by atoms with Crippen molar-refractivity contribution in [1.29, 1.82) is 0 Å². The van der Waals surface area contributed by atoms with Crippen LogP contribution < -0.4 is 10.7 Å². The van der Waals surface area contributed by atoms with Crippen LogP contribution in [0.15, 0.2) is 58.2 Å². The van der Waals surface area contributed by atoms with Gasteiger partial charge in [-0.15, -0.1) is 10.2 Å². The van der Waals surface area contributed by atoms with Gasteiger partial charge in [-0.2, -0.15) is 0 Å². The molecule has 6 nitrogen and oxygen atoms in total. The normalized spacial score (nSPS) is 18.5.